The molecule has 0 aromatic carbocycles. The first kappa shape index (κ1) is 45.0. The van der Waals surface area contributed by atoms with Crippen molar-refractivity contribution >= 4 is 54.3 Å². The van der Waals surface area contributed by atoms with Gasteiger partial charge in [0.1, 0.15) is 11.4 Å². The van der Waals surface area contributed by atoms with Gasteiger partial charge in [0, 0.05) is 26.7 Å². The van der Waals surface area contributed by atoms with E-state index in [4.69, 9.17) is 10.1 Å². The molecule has 0 atom stereocenters. The number of aryl methyl sites for hydroxylation is 1. The number of pyridine rings is 2. The molecule has 0 amide bonds. The molecular formula is C22H31Br3K2N10O3. The fourth-order valence-electron chi connectivity index (χ4n) is 2.16. The molecule has 0 aliphatic carbocycles. The molecule has 18 heteroatoms. The molecule has 0 aliphatic rings. The zero-order valence-electron chi connectivity index (χ0n) is 23.2. The summed E-state index contributed by atoms with van der Waals surface area (Å²) in [5, 5.41) is 35.2. The van der Waals surface area contributed by atoms with Crippen molar-refractivity contribution in [3.63, 3.8) is 0 Å². The van der Waals surface area contributed by atoms with Gasteiger partial charge in [-0.15, -0.1) is 20.4 Å². The van der Waals surface area contributed by atoms with Gasteiger partial charge in [-0.1, -0.05) is 50.0 Å². The second kappa shape index (κ2) is 29.6. The topological polar surface area (TPSA) is 173 Å². The van der Waals surface area contributed by atoms with Crippen LogP contribution in [0.1, 0.15) is 48.4 Å². The Labute approximate surface area is 345 Å². The minimum Gasteiger partial charge on any atom is -1.00 e. The number of aromatic nitrogens is 10. The summed E-state index contributed by atoms with van der Waals surface area (Å²) in [7, 11) is 0. The number of halogens is 3. The molecule has 4 aromatic heterocycles. The van der Waals surface area contributed by atoms with Gasteiger partial charge >= 0.3 is 103 Å². The Morgan fingerprint density at radius 2 is 1.52 bits per heavy atom. The first-order valence-electron chi connectivity index (χ1n) is 11.0. The van der Waals surface area contributed by atoms with E-state index >= 15 is 0 Å². The van der Waals surface area contributed by atoms with Crippen molar-refractivity contribution in [2.24, 2.45) is 0 Å². The van der Waals surface area contributed by atoms with Crippen LogP contribution in [0.4, 0.5) is 0 Å². The third-order valence-corrected chi connectivity index (χ3v) is 5.45. The molecule has 0 radical (unpaired) electrons. The number of nitrogens with one attached hydrogen (secondary N) is 1. The number of H-pyrrole nitrogens is 1. The normalized spacial score (nSPS) is 8.85. The number of alkyl halides is 1. The second-order valence-electron chi connectivity index (χ2n) is 6.76. The van der Waals surface area contributed by atoms with Crippen molar-refractivity contribution in [2.45, 2.75) is 53.5 Å². The monoisotopic (exact) mass is 798 g/mol. The van der Waals surface area contributed by atoms with Crippen LogP contribution in [-0.2, 0) is 16.2 Å². The van der Waals surface area contributed by atoms with E-state index in [0.717, 1.165) is 39.4 Å². The Morgan fingerprint density at radius 3 is 1.90 bits per heavy atom. The fraction of sp³-hybridized carbons (Fsp3) is 0.409. The minimum atomic E-state index is -0.181. The van der Waals surface area contributed by atoms with Crippen molar-refractivity contribution in [2.75, 3.05) is 5.33 Å². The SMILES string of the molecule is Brc1ccc(-c2nn[nH]n2)nc1.C.CCCCBr.CCCCn1nnc(-c2ccc(Br)cn2)n1.O=CO[O-].[H-].[K+].[K+]. The zero-order chi connectivity index (χ0) is 27.3. The summed E-state index contributed by atoms with van der Waals surface area (Å²) >= 11 is 9.92. The van der Waals surface area contributed by atoms with Gasteiger partial charge < -0.3 is 11.6 Å². The number of unbranched alkanes of at least 4 members (excludes halogenated alkanes) is 2. The maximum absolute atomic E-state index is 8.64. The van der Waals surface area contributed by atoms with Crippen LogP contribution in [-0.4, -0.2) is 62.6 Å². The van der Waals surface area contributed by atoms with Gasteiger partial charge in [0.25, 0.3) is 6.47 Å². The van der Waals surface area contributed by atoms with Crippen LogP contribution in [0.5, 0.6) is 0 Å². The van der Waals surface area contributed by atoms with Gasteiger partial charge in [-0.3, -0.25) is 14.8 Å². The summed E-state index contributed by atoms with van der Waals surface area (Å²) in [6, 6.07) is 7.47. The maximum Gasteiger partial charge on any atom is 1.00 e. The minimum absolute atomic E-state index is 0. The van der Waals surface area contributed by atoms with E-state index in [2.05, 4.69) is 113 Å². The molecule has 40 heavy (non-hydrogen) atoms. The number of hydrogen-bond donors (Lipinski definition) is 1. The Bertz CT molecular complexity index is 1120. The van der Waals surface area contributed by atoms with Crippen LogP contribution in [0.2, 0.25) is 0 Å². The van der Waals surface area contributed by atoms with Gasteiger partial charge in [-0.2, -0.15) is 10.0 Å². The van der Waals surface area contributed by atoms with E-state index in [1.54, 1.807) is 17.2 Å². The molecule has 0 saturated carbocycles. The van der Waals surface area contributed by atoms with Crippen molar-refractivity contribution in [3.05, 3.63) is 45.6 Å². The molecule has 4 rings (SSSR count). The van der Waals surface area contributed by atoms with Crippen molar-refractivity contribution in [1.29, 1.82) is 0 Å². The smallest absolute Gasteiger partial charge is 1.00 e. The largest absolute Gasteiger partial charge is 1.00 e. The Morgan fingerprint density at radius 1 is 0.975 bits per heavy atom. The Kier molecular flexibility index (Phi) is 33.4. The molecule has 1 N–H and O–H groups in total. The van der Waals surface area contributed by atoms with E-state index < -0.39 is 0 Å². The molecule has 4 aromatic rings. The van der Waals surface area contributed by atoms with E-state index in [9.17, 15) is 0 Å². The quantitative estimate of drug-likeness (QED) is 0.0738. The Balaban J connectivity index is -0.000000244. The third-order valence-electron chi connectivity index (χ3n) is 3.95. The fourth-order valence-corrected chi connectivity index (χ4v) is 3.19. The summed E-state index contributed by atoms with van der Waals surface area (Å²) in [5.74, 6) is 1.08. The maximum atomic E-state index is 8.64. The van der Waals surface area contributed by atoms with Crippen LogP contribution in [0.25, 0.3) is 23.0 Å². The van der Waals surface area contributed by atoms with E-state index in [0.29, 0.717) is 17.3 Å². The molecular weight excluding hydrogens is 770 g/mol. The van der Waals surface area contributed by atoms with Crippen LogP contribution >= 0.6 is 47.8 Å². The first-order valence-corrected chi connectivity index (χ1v) is 13.7. The van der Waals surface area contributed by atoms with E-state index in [1.165, 1.54) is 12.8 Å². The standard InChI is InChI=1S/C10H12BrN5.C6H4BrN5.C4H9Br.CH2O3.CH4.2K.H/c1-2-3-6-16-14-10(13-15-16)9-5-4-8(11)7-12-9;7-4-1-2-5(8-3-4)6-9-11-12-10-6;1-2-3-4-5;2-1-4-3;;;;/h4-5,7H,2-3,6H2,1H3;1-3H,(H,9,10,11,12);2-4H2,1H3;1,3H;1H4;;;/q;;;;;2*+1;-1/p-1. The van der Waals surface area contributed by atoms with E-state index in [1.807, 2.05) is 24.3 Å². The zero-order valence-corrected chi connectivity index (χ0v) is 33.2. The number of hydrogen-bond acceptors (Lipinski definition) is 11. The number of tetrazole rings is 2. The molecule has 0 aliphatic heterocycles. The number of rotatable bonds is 8. The van der Waals surface area contributed by atoms with Crippen LogP contribution < -0.4 is 108 Å². The molecule has 210 valence electrons. The van der Waals surface area contributed by atoms with E-state index in [-0.39, 0.29) is 118 Å². The molecule has 13 nitrogen and oxygen atoms in total. The summed E-state index contributed by atoms with van der Waals surface area (Å²) < 4.78 is 1.87. The third kappa shape index (κ3) is 20.5. The predicted molar refractivity (Wildman–Crippen MR) is 152 cm³/mol. The van der Waals surface area contributed by atoms with Crippen LogP contribution in [0.15, 0.2) is 45.6 Å². The second-order valence-corrected chi connectivity index (χ2v) is 9.38. The molecule has 0 fully saturated rings. The summed E-state index contributed by atoms with van der Waals surface area (Å²) in [4.78, 5) is 21.2. The summed E-state index contributed by atoms with van der Waals surface area (Å²) in [6.07, 6.45) is 8.19. The van der Waals surface area contributed by atoms with Gasteiger partial charge in [0.2, 0.25) is 11.6 Å². The number of aromatic amines is 1. The summed E-state index contributed by atoms with van der Waals surface area (Å²) in [6.45, 7) is 4.94. The molecule has 0 unspecified atom stereocenters. The molecule has 0 saturated heterocycles. The number of carbonyl (C=O) groups excluding carboxylic acids is 1. The average molecular weight is 801 g/mol. The van der Waals surface area contributed by atoms with Crippen LogP contribution in [0.3, 0.4) is 0 Å². The van der Waals surface area contributed by atoms with Crippen molar-refractivity contribution in [3.8, 4) is 23.0 Å². The number of carbonyl (C=O) groups is 1. The van der Waals surface area contributed by atoms with Gasteiger partial charge in [0.05, 0.1) is 6.54 Å². The first-order chi connectivity index (χ1) is 18.0. The summed E-state index contributed by atoms with van der Waals surface area (Å²) in [5.41, 5.74) is 1.44. The molecule has 0 spiro atoms. The average Bonchev–Trinajstić information content (AvgIpc) is 3.63. The molecule has 4 heterocycles. The van der Waals surface area contributed by atoms with Crippen molar-refractivity contribution < 1.29 is 119 Å². The number of nitrogens with zero attached hydrogens (tertiary/aromatic N) is 9. The predicted octanol–water partition coefficient (Wildman–Crippen LogP) is -1.31. The van der Waals surface area contributed by atoms with Gasteiger partial charge in [-0.05, 0) is 79.4 Å². The molecule has 0 bridgehead atoms. The Hall–Kier alpha value is 0.583. The van der Waals surface area contributed by atoms with Gasteiger partial charge in [0.15, 0.2) is 0 Å². The van der Waals surface area contributed by atoms with Gasteiger partial charge in [-0.25, -0.2) is 0 Å². The van der Waals surface area contributed by atoms with Crippen LogP contribution in [0, 0.1) is 0 Å². The van der Waals surface area contributed by atoms with Crippen molar-refractivity contribution in [1.82, 2.24) is 50.8 Å².